The molecule has 3 heterocycles. The molecule has 2 unspecified atom stereocenters. The van der Waals surface area contributed by atoms with Crippen LogP contribution in [0.2, 0.25) is 0 Å². The van der Waals surface area contributed by atoms with Crippen molar-refractivity contribution in [2.45, 2.75) is 57.2 Å². The highest BCUT2D eigenvalue weighted by Crippen LogP contribution is 2.27. The smallest absolute Gasteiger partial charge is 0.265 e. The van der Waals surface area contributed by atoms with Crippen LogP contribution < -0.4 is 10.6 Å². The summed E-state index contributed by atoms with van der Waals surface area (Å²) >= 11 is 1.20. The lowest BCUT2D eigenvalue weighted by Crippen LogP contribution is -2.48. The van der Waals surface area contributed by atoms with Gasteiger partial charge in [-0.15, -0.1) is 5.10 Å². The van der Waals surface area contributed by atoms with E-state index >= 15 is 0 Å². The number of hydrogen-bond donors (Lipinski definition) is 2. The number of piperidine rings is 1. The second-order valence-electron chi connectivity index (χ2n) is 5.18. The summed E-state index contributed by atoms with van der Waals surface area (Å²) in [5.41, 5.74) is 0.814. The summed E-state index contributed by atoms with van der Waals surface area (Å²) in [6, 6.07) is 1.50. The van der Waals surface area contributed by atoms with Gasteiger partial charge in [0.25, 0.3) is 5.91 Å². The molecule has 6 heteroatoms. The van der Waals surface area contributed by atoms with Gasteiger partial charge in [-0.2, -0.15) is 0 Å². The Bertz CT molecular complexity index is 435. The molecule has 2 N–H and O–H groups in total. The first-order chi connectivity index (χ1) is 8.76. The van der Waals surface area contributed by atoms with Gasteiger partial charge in [0.1, 0.15) is 4.88 Å². The van der Waals surface area contributed by atoms with Crippen molar-refractivity contribution in [2.24, 2.45) is 0 Å². The second-order valence-corrected chi connectivity index (χ2v) is 5.94. The number of nitrogens with one attached hydrogen (secondary N) is 2. The normalized spacial score (nSPS) is 30.4. The lowest BCUT2D eigenvalue weighted by atomic mass is 10.00. The van der Waals surface area contributed by atoms with Crippen LogP contribution in [0.25, 0.3) is 0 Å². The Kier molecular flexibility index (Phi) is 3.30. The molecule has 98 valence electrons. The van der Waals surface area contributed by atoms with Gasteiger partial charge in [-0.05, 0) is 43.6 Å². The van der Waals surface area contributed by atoms with Gasteiger partial charge < -0.3 is 10.6 Å². The van der Waals surface area contributed by atoms with Crippen LogP contribution in [0.3, 0.4) is 0 Å². The molecule has 0 spiro atoms. The minimum Gasteiger partial charge on any atom is -0.348 e. The lowest BCUT2D eigenvalue weighted by molar-refractivity contribution is 0.0927. The monoisotopic (exact) mass is 266 g/mol. The van der Waals surface area contributed by atoms with Crippen molar-refractivity contribution in [2.75, 3.05) is 0 Å². The first-order valence-corrected chi connectivity index (χ1v) is 7.41. The van der Waals surface area contributed by atoms with Crippen LogP contribution >= 0.6 is 11.5 Å². The zero-order chi connectivity index (χ0) is 12.5. The van der Waals surface area contributed by atoms with Crippen LogP contribution in [0.15, 0.2) is 0 Å². The Labute approximate surface area is 111 Å². The molecular weight excluding hydrogens is 248 g/mol. The molecule has 2 aliphatic rings. The van der Waals surface area contributed by atoms with E-state index in [4.69, 9.17) is 0 Å². The maximum absolute atomic E-state index is 12.2. The number of aromatic nitrogens is 2. The molecule has 2 atom stereocenters. The molecule has 5 nitrogen and oxygen atoms in total. The Morgan fingerprint density at radius 3 is 2.83 bits per heavy atom. The fraction of sp³-hybridized carbons (Fsp3) is 0.750. The van der Waals surface area contributed by atoms with Gasteiger partial charge in [0.2, 0.25) is 0 Å². The largest absolute Gasteiger partial charge is 0.348 e. The van der Waals surface area contributed by atoms with Gasteiger partial charge in [-0.1, -0.05) is 11.4 Å². The standard InChI is InChI=1S/C12H18N4OS/c1-2-10-11(18-16-15-10)12(17)14-9-5-7-3-4-8(6-9)13-7/h7-9,13H,2-6H2,1H3,(H,14,17). The van der Waals surface area contributed by atoms with E-state index in [9.17, 15) is 4.79 Å². The van der Waals surface area contributed by atoms with Crippen LogP contribution in [0.5, 0.6) is 0 Å². The number of carbonyl (C=O) groups excluding carboxylic acids is 1. The van der Waals surface area contributed by atoms with E-state index in [0.29, 0.717) is 23.0 Å². The third-order valence-corrected chi connectivity index (χ3v) is 4.67. The summed E-state index contributed by atoms with van der Waals surface area (Å²) in [4.78, 5) is 12.9. The average molecular weight is 266 g/mol. The molecule has 1 aromatic rings. The van der Waals surface area contributed by atoms with Gasteiger partial charge in [0, 0.05) is 18.1 Å². The zero-order valence-electron chi connectivity index (χ0n) is 10.5. The summed E-state index contributed by atoms with van der Waals surface area (Å²) in [7, 11) is 0. The Hall–Kier alpha value is -1.01. The van der Waals surface area contributed by atoms with E-state index in [1.54, 1.807) is 0 Å². The lowest BCUT2D eigenvalue weighted by Gasteiger charge is -2.29. The summed E-state index contributed by atoms with van der Waals surface area (Å²) < 4.78 is 3.87. The molecule has 0 aliphatic carbocycles. The quantitative estimate of drug-likeness (QED) is 0.860. The molecule has 3 rings (SSSR count). The van der Waals surface area contributed by atoms with Crippen molar-refractivity contribution >= 4 is 17.4 Å². The molecule has 0 radical (unpaired) electrons. The second kappa shape index (κ2) is 4.93. The molecule has 2 aliphatic heterocycles. The predicted molar refractivity (Wildman–Crippen MR) is 69.7 cm³/mol. The van der Waals surface area contributed by atoms with Crippen molar-refractivity contribution in [3.05, 3.63) is 10.6 Å². The third kappa shape index (κ3) is 2.27. The molecule has 2 fully saturated rings. The minimum absolute atomic E-state index is 0.00755. The van der Waals surface area contributed by atoms with Crippen molar-refractivity contribution in [1.29, 1.82) is 0 Å². The van der Waals surface area contributed by atoms with Crippen molar-refractivity contribution in [1.82, 2.24) is 20.2 Å². The van der Waals surface area contributed by atoms with Crippen molar-refractivity contribution < 1.29 is 4.79 Å². The van der Waals surface area contributed by atoms with Crippen LogP contribution in [0.4, 0.5) is 0 Å². The molecule has 18 heavy (non-hydrogen) atoms. The maximum atomic E-state index is 12.2. The van der Waals surface area contributed by atoms with E-state index in [2.05, 4.69) is 20.2 Å². The Balaban J connectivity index is 1.64. The number of nitrogens with zero attached hydrogens (tertiary/aromatic N) is 2. The molecule has 0 aromatic carbocycles. The van der Waals surface area contributed by atoms with Gasteiger partial charge >= 0.3 is 0 Å². The Morgan fingerprint density at radius 1 is 1.44 bits per heavy atom. The van der Waals surface area contributed by atoms with E-state index in [-0.39, 0.29) is 5.91 Å². The molecule has 2 bridgehead atoms. The number of carbonyl (C=O) groups is 1. The summed E-state index contributed by atoms with van der Waals surface area (Å²) in [5, 5.41) is 10.7. The molecule has 0 saturated carbocycles. The number of fused-ring (bicyclic) bond motifs is 2. The Morgan fingerprint density at radius 2 is 2.17 bits per heavy atom. The minimum atomic E-state index is 0.00755. The van der Waals surface area contributed by atoms with Crippen LogP contribution in [0, 0.1) is 0 Å². The van der Waals surface area contributed by atoms with Gasteiger partial charge in [-0.3, -0.25) is 4.79 Å². The van der Waals surface area contributed by atoms with Crippen LogP contribution in [-0.4, -0.2) is 33.6 Å². The zero-order valence-corrected chi connectivity index (χ0v) is 11.3. The van der Waals surface area contributed by atoms with Gasteiger partial charge in [0.05, 0.1) is 5.69 Å². The first-order valence-electron chi connectivity index (χ1n) is 6.64. The highest BCUT2D eigenvalue weighted by Gasteiger charge is 2.34. The average Bonchev–Trinajstić information content (AvgIpc) is 2.95. The van der Waals surface area contributed by atoms with E-state index in [1.165, 1.54) is 24.4 Å². The highest BCUT2D eigenvalue weighted by molar-refractivity contribution is 7.08. The van der Waals surface area contributed by atoms with Crippen molar-refractivity contribution in [3.63, 3.8) is 0 Å². The van der Waals surface area contributed by atoms with E-state index in [1.807, 2.05) is 6.92 Å². The van der Waals surface area contributed by atoms with Crippen LogP contribution in [0.1, 0.15) is 48.0 Å². The third-order valence-electron chi connectivity index (χ3n) is 3.91. The van der Waals surface area contributed by atoms with Crippen LogP contribution in [-0.2, 0) is 6.42 Å². The molecule has 2 saturated heterocycles. The highest BCUT2D eigenvalue weighted by atomic mass is 32.1. The summed E-state index contributed by atoms with van der Waals surface area (Å²) in [5.74, 6) is 0.00755. The van der Waals surface area contributed by atoms with Crippen molar-refractivity contribution in [3.8, 4) is 0 Å². The van der Waals surface area contributed by atoms with Gasteiger partial charge in [0.15, 0.2) is 0 Å². The first kappa shape index (κ1) is 12.0. The maximum Gasteiger partial charge on any atom is 0.265 e. The fourth-order valence-corrected chi connectivity index (χ4v) is 3.69. The van der Waals surface area contributed by atoms with Gasteiger partial charge in [-0.25, -0.2) is 0 Å². The topological polar surface area (TPSA) is 66.9 Å². The van der Waals surface area contributed by atoms with E-state index < -0.39 is 0 Å². The predicted octanol–water partition coefficient (Wildman–Crippen LogP) is 1.11. The number of aryl methyl sites for hydroxylation is 1. The molecular formula is C12H18N4OS. The fourth-order valence-electron chi connectivity index (χ4n) is 3.04. The molecule has 1 aromatic heterocycles. The number of rotatable bonds is 3. The molecule has 1 amide bonds. The van der Waals surface area contributed by atoms with E-state index in [0.717, 1.165) is 25.0 Å². The number of amides is 1. The summed E-state index contributed by atoms with van der Waals surface area (Å²) in [6.45, 7) is 2.00. The summed E-state index contributed by atoms with van der Waals surface area (Å²) in [6.07, 6.45) is 5.36. The SMILES string of the molecule is CCc1nnsc1C(=O)NC1CC2CCC(C1)N2. The number of hydrogen-bond acceptors (Lipinski definition) is 5.